The molecule has 0 atom stereocenters. The second-order valence-electron chi connectivity index (χ2n) is 3.97. The molecule has 0 aliphatic heterocycles. The summed E-state index contributed by atoms with van der Waals surface area (Å²) in [6, 6.07) is 0. The van der Waals surface area contributed by atoms with E-state index in [4.69, 9.17) is 5.11 Å². The summed E-state index contributed by atoms with van der Waals surface area (Å²) in [7, 11) is 0. The zero-order valence-electron chi connectivity index (χ0n) is 10.4. The van der Waals surface area contributed by atoms with Crippen molar-refractivity contribution in [2.75, 3.05) is 0 Å². The second-order valence-corrected chi connectivity index (χ2v) is 3.97. The molecule has 0 heterocycles. The molecule has 2 nitrogen and oxygen atoms in total. The van der Waals surface area contributed by atoms with E-state index in [0.29, 0.717) is 6.42 Å². The molecule has 0 spiro atoms. The number of carboxylic acids is 1. The Balaban J connectivity index is 0. The molecule has 0 rings (SSSR count). The summed E-state index contributed by atoms with van der Waals surface area (Å²) in [6.45, 7) is 2.23. The maximum atomic E-state index is 10.2. The largest absolute Gasteiger partial charge is 0.481 e. The Morgan fingerprint density at radius 1 is 0.867 bits per heavy atom. The minimum Gasteiger partial charge on any atom is -0.481 e. The molecule has 1 N–H and O–H groups in total. The fourth-order valence-electron chi connectivity index (χ4n) is 1.59. The molecule has 0 fully saturated rings. The van der Waals surface area contributed by atoms with Crippen LogP contribution in [0.15, 0.2) is 0 Å². The van der Waals surface area contributed by atoms with Gasteiger partial charge in [-0.3, -0.25) is 4.79 Å². The third kappa shape index (κ3) is 17.9. The second kappa shape index (κ2) is 15.3. The number of hydrogen-bond donors (Lipinski definition) is 1. The van der Waals surface area contributed by atoms with E-state index in [9.17, 15) is 4.79 Å². The average Bonchev–Trinajstić information content (AvgIpc) is 2.15. The molecule has 15 heavy (non-hydrogen) atoms. The van der Waals surface area contributed by atoms with E-state index >= 15 is 0 Å². The first kappa shape index (κ1) is 18.6. The van der Waals surface area contributed by atoms with Crippen LogP contribution in [0.4, 0.5) is 0 Å². The number of hydrogen-bond acceptors (Lipinski definition) is 1. The molecule has 0 saturated carbocycles. The number of carboxylic acid groups (broad SMARTS) is 1. The predicted octanol–water partition coefficient (Wildman–Crippen LogP) is 3.61. The summed E-state index contributed by atoms with van der Waals surface area (Å²) in [4.78, 5) is 10.2. The van der Waals surface area contributed by atoms with Crippen LogP contribution in [0, 0.1) is 0 Å². The molecule has 0 saturated heterocycles. The van der Waals surface area contributed by atoms with Crippen LogP contribution >= 0.6 is 0 Å². The Bertz CT molecular complexity index is 138. The molecule has 0 amide bonds. The van der Waals surface area contributed by atoms with Gasteiger partial charge in [0.1, 0.15) is 0 Å². The van der Waals surface area contributed by atoms with Crippen LogP contribution in [-0.2, 0) is 4.79 Å². The fourth-order valence-corrected chi connectivity index (χ4v) is 1.59. The number of carbonyl (C=O) groups is 1. The normalized spacial score (nSPS) is 9.67. The van der Waals surface area contributed by atoms with Gasteiger partial charge < -0.3 is 5.11 Å². The van der Waals surface area contributed by atoms with Crippen LogP contribution in [-0.4, -0.2) is 69.3 Å². The standard InChI is InChI=1S/C12H24O2.Rb/c1-2-3-4-5-6-7-8-9-10-11-12(13)14;/h2-11H2,1H3,(H,13,14);. The van der Waals surface area contributed by atoms with Gasteiger partial charge in [0.05, 0.1) is 0 Å². The van der Waals surface area contributed by atoms with E-state index in [2.05, 4.69) is 6.92 Å². The first-order valence-corrected chi connectivity index (χ1v) is 5.99. The third-order valence-corrected chi connectivity index (χ3v) is 2.49. The van der Waals surface area contributed by atoms with Gasteiger partial charge in [0.2, 0.25) is 0 Å². The number of rotatable bonds is 10. The van der Waals surface area contributed by atoms with Gasteiger partial charge in [0.15, 0.2) is 0 Å². The van der Waals surface area contributed by atoms with Gasteiger partial charge in [0, 0.05) is 64.6 Å². The third-order valence-electron chi connectivity index (χ3n) is 2.49. The zero-order chi connectivity index (χ0) is 10.6. The van der Waals surface area contributed by atoms with Gasteiger partial charge in [-0.05, 0) is 6.42 Å². The maximum absolute atomic E-state index is 10.2. The minimum absolute atomic E-state index is 0. The van der Waals surface area contributed by atoms with Crippen molar-refractivity contribution in [3.05, 3.63) is 0 Å². The summed E-state index contributed by atoms with van der Waals surface area (Å²) >= 11 is 0. The van der Waals surface area contributed by atoms with E-state index in [1.54, 1.807) is 0 Å². The molecule has 0 aliphatic rings. The van der Waals surface area contributed by atoms with Crippen molar-refractivity contribution in [3.63, 3.8) is 0 Å². The molecular formula is C12H24O2Rb. The first-order valence-electron chi connectivity index (χ1n) is 5.99. The van der Waals surface area contributed by atoms with Crippen molar-refractivity contribution in [1.82, 2.24) is 0 Å². The number of unbranched alkanes of at least 4 members (excludes halogenated alkanes) is 8. The van der Waals surface area contributed by atoms with Gasteiger partial charge in [-0.2, -0.15) is 0 Å². The molecule has 1 radical (unpaired) electrons. The molecule has 0 aromatic carbocycles. The summed E-state index contributed by atoms with van der Waals surface area (Å²) in [5.74, 6) is -0.659. The van der Waals surface area contributed by atoms with Crippen LogP contribution in [0.5, 0.6) is 0 Å². The topological polar surface area (TPSA) is 37.3 Å². The molecular weight excluding hydrogens is 262 g/mol. The summed E-state index contributed by atoms with van der Waals surface area (Å²) in [5, 5.41) is 8.41. The molecule has 3 heteroatoms. The van der Waals surface area contributed by atoms with Crippen LogP contribution in [0.2, 0.25) is 0 Å². The van der Waals surface area contributed by atoms with Crippen molar-refractivity contribution in [3.8, 4) is 0 Å². The number of aliphatic carboxylic acids is 1. The molecule has 0 bridgehead atoms. The van der Waals surface area contributed by atoms with Gasteiger partial charge in [-0.15, -0.1) is 0 Å². The molecule has 0 aromatic heterocycles. The molecule has 0 unspecified atom stereocenters. The minimum atomic E-state index is -0.659. The average molecular weight is 286 g/mol. The maximum Gasteiger partial charge on any atom is 0.303 e. The van der Waals surface area contributed by atoms with E-state index < -0.39 is 5.97 Å². The van der Waals surface area contributed by atoms with Crippen molar-refractivity contribution in [2.45, 2.75) is 71.1 Å². The van der Waals surface area contributed by atoms with Crippen LogP contribution in [0.25, 0.3) is 0 Å². The van der Waals surface area contributed by atoms with E-state index in [0.717, 1.165) is 12.8 Å². The molecule has 85 valence electrons. The molecule has 0 aliphatic carbocycles. The van der Waals surface area contributed by atoms with Gasteiger partial charge in [-0.1, -0.05) is 58.3 Å². The van der Waals surface area contributed by atoms with Crippen LogP contribution < -0.4 is 0 Å². The predicted molar refractivity (Wildman–Crippen MR) is 65.2 cm³/mol. The van der Waals surface area contributed by atoms with Crippen molar-refractivity contribution < 1.29 is 9.90 Å². The summed E-state index contributed by atoms with van der Waals surface area (Å²) in [6.07, 6.45) is 11.5. The van der Waals surface area contributed by atoms with E-state index in [1.807, 2.05) is 0 Å². The van der Waals surface area contributed by atoms with Crippen molar-refractivity contribution in [1.29, 1.82) is 0 Å². The van der Waals surface area contributed by atoms with Gasteiger partial charge in [0.25, 0.3) is 0 Å². The Hall–Kier alpha value is 1.28. The van der Waals surface area contributed by atoms with Crippen molar-refractivity contribution in [2.24, 2.45) is 0 Å². The van der Waals surface area contributed by atoms with Crippen LogP contribution in [0.1, 0.15) is 71.1 Å². The quantitative estimate of drug-likeness (QED) is 0.623. The molecule has 0 aromatic rings. The summed E-state index contributed by atoms with van der Waals surface area (Å²) < 4.78 is 0. The Labute approximate surface area is 143 Å². The van der Waals surface area contributed by atoms with Gasteiger partial charge in [-0.25, -0.2) is 0 Å². The van der Waals surface area contributed by atoms with E-state index in [1.165, 1.54) is 44.9 Å². The van der Waals surface area contributed by atoms with E-state index in [-0.39, 0.29) is 58.2 Å². The monoisotopic (exact) mass is 285 g/mol. The van der Waals surface area contributed by atoms with Crippen LogP contribution in [0.3, 0.4) is 0 Å². The SMILES string of the molecule is CCCCCCCCCCCC(=O)O.[Rb]. The Morgan fingerprint density at radius 2 is 1.27 bits per heavy atom. The zero-order valence-corrected chi connectivity index (χ0v) is 15.3. The smallest absolute Gasteiger partial charge is 0.303 e. The Morgan fingerprint density at radius 3 is 1.67 bits per heavy atom. The fraction of sp³-hybridized carbons (Fsp3) is 0.917. The first-order chi connectivity index (χ1) is 6.77. The summed E-state index contributed by atoms with van der Waals surface area (Å²) in [5.41, 5.74) is 0. The van der Waals surface area contributed by atoms with Gasteiger partial charge >= 0.3 is 5.97 Å². The Kier molecular flexibility index (Phi) is 19.0. The van der Waals surface area contributed by atoms with Crippen molar-refractivity contribution >= 4 is 64.2 Å².